The van der Waals surface area contributed by atoms with Crippen LogP contribution in [0.4, 0.5) is 26.3 Å². The average molecular weight is 481 g/mol. The minimum atomic E-state index is -0.620. The van der Waals surface area contributed by atoms with Crippen LogP contribution in [0.1, 0.15) is 42.5 Å². The summed E-state index contributed by atoms with van der Waals surface area (Å²) in [6.07, 6.45) is 4.27. The number of allylic oxidation sites excluding steroid dienone is 1. The highest BCUT2D eigenvalue weighted by molar-refractivity contribution is 5.66. The van der Waals surface area contributed by atoms with Crippen molar-refractivity contribution in [3.05, 3.63) is 52.2 Å². The van der Waals surface area contributed by atoms with Crippen molar-refractivity contribution in [1.82, 2.24) is 20.0 Å². The summed E-state index contributed by atoms with van der Waals surface area (Å²) in [5.41, 5.74) is 2.38. The molecular weight excluding hydrogens is 454 g/mol. The van der Waals surface area contributed by atoms with Crippen molar-refractivity contribution in [3.8, 4) is 11.8 Å². The Kier molecular flexibility index (Phi) is 5.40. The molecule has 10 heteroatoms. The quantitative estimate of drug-likeness (QED) is 0.536. The van der Waals surface area contributed by atoms with Gasteiger partial charge in [0.25, 0.3) is 0 Å². The van der Waals surface area contributed by atoms with Gasteiger partial charge in [-0.3, -0.25) is 0 Å². The van der Waals surface area contributed by atoms with Crippen LogP contribution in [0.15, 0.2) is 28.3 Å². The van der Waals surface area contributed by atoms with Gasteiger partial charge in [-0.25, -0.2) is 8.78 Å². The number of likely N-dealkylation sites (N-methyl/N-ethyl adjacent to an activating group) is 1. The maximum absolute atomic E-state index is 15.2. The minimum absolute atomic E-state index is 0.0807. The third-order valence-corrected chi connectivity index (χ3v) is 6.67. The Balaban J connectivity index is 1.33. The highest BCUT2D eigenvalue weighted by Gasteiger charge is 2.28. The second-order valence-corrected chi connectivity index (χ2v) is 9.53. The number of piperazine rings is 1. The van der Waals surface area contributed by atoms with E-state index in [9.17, 15) is 4.39 Å². The van der Waals surface area contributed by atoms with E-state index in [4.69, 9.17) is 9.26 Å². The predicted molar refractivity (Wildman–Crippen MR) is 127 cm³/mol. The van der Waals surface area contributed by atoms with Gasteiger partial charge >= 0.3 is 6.01 Å². The average Bonchev–Trinajstić information content (AvgIpc) is 3.45. The number of nitrogens with one attached hydrogen (secondary N) is 1. The molecule has 3 heterocycles. The summed E-state index contributed by atoms with van der Waals surface area (Å²) in [5.74, 6) is 0.582. The zero-order valence-electron chi connectivity index (χ0n) is 19.6. The van der Waals surface area contributed by atoms with Crippen molar-refractivity contribution in [1.29, 1.82) is 0 Å². The number of ether oxygens (including phenoxy) is 1. The van der Waals surface area contributed by atoms with Gasteiger partial charge in [0.1, 0.15) is 17.5 Å². The fourth-order valence-corrected chi connectivity index (χ4v) is 4.50. The maximum atomic E-state index is 15.2. The first-order chi connectivity index (χ1) is 16.9. The molecule has 0 atom stereocenters. The van der Waals surface area contributed by atoms with E-state index < -0.39 is 11.6 Å². The van der Waals surface area contributed by atoms with E-state index in [1.165, 1.54) is 0 Å². The Bertz CT molecular complexity index is 1310. The van der Waals surface area contributed by atoms with Crippen molar-refractivity contribution in [2.24, 2.45) is 0 Å². The van der Waals surface area contributed by atoms with Crippen molar-refractivity contribution < 1.29 is 18.0 Å². The molecular formula is C25H26F2N6O2. The lowest BCUT2D eigenvalue weighted by Crippen LogP contribution is -2.44. The number of benzene rings is 1. The third kappa shape index (κ3) is 4.45. The van der Waals surface area contributed by atoms with Crippen LogP contribution in [-0.2, 0) is 6.42 Å². The second kappa shape index (κ2) is 8.60. The number of anilines is 3. The second-order valence-electron chi connectivity index (χ2n) is 9.53. The van der Waals surface area contributed by atoms with Gasteiger partial charge in [-0.05, 0) is 33.2 Å². The zero-order chi connectivity index (χ0) is 24.1. The van der Waals surface area contributed by atoms with Crippen LogP contribution in [0.5, 0.6) is 11.8 Å². The topological polar surface area (TPSA) is 79.5 Å². The van der Waals surface area contributed by atoms with Gasteiger partial charge in [0.2, 0.25) is 5.88 Å². The lowest BCUT2D eigenvalue weighted by molar-refractivity contribution is 0.311. The van der Waals surface area contributed by atoms with E-state index in [1.54, 1.807) is 12.1 Å². The Labute approximate surface area is 201 Å². The molecule has 0 amide bonds. The Morgan fingerprint density at radius 1 is 1.09 bits per heavy atom. The molecule has 0 radical (unpaired) electrons. The highest BCUT2D eigenvalue weighted by Crippen LogP contribution is 2.40. The number of hydrogen-bond acceptors (Lipinski definition) is 8. The molecule has 3 aromatic rings. The van der Waals surface area contributed by atoms with Crippen molar-refractivity contribution in [2.75, 3.05) is 43.4 Å². The van der Waals surface area contributed by atoms with E-state index in [1.807, 2.05) is 13.0 Å². The van der Waals surface area contributed by atoms with Crippen LogP contribution in [-0.4, -0.2) is 53.3 Å². The molecule has 0 spiro atoms. The van der Waals surface area contributed by atoms with Gasteiger partial charge in [-0.1, -0.05) is 16.8 Å². The number of hydrogen-bond donors (Lipinski definition) is 1. The fourth-order valence-electron chi connectivity index (χ4n) is 4.50. The van der Waals surface area contributed by atoms with Crippen molar-refractivity contribution in [2.45, 2.75) is 32.1 Å². The van der Waals surface area contributed by atoms with E-state index in [0.29, 0.717) is 35.4 Å². The standard InChI is InChI=1S/C25H26F2N6O2/c1-14-9-16-17(10-14)24(27)20(11-18(16)26)34-25-29-21(28-23-12-19(31-35-23)15-3-4-15)13-22(30-25)33-7-5-32(2)6-8-33/h10-13,15H,3-9H2,1-2H3,(H,28,29,30). The Morgan fingerprint density at radius 2 is 1.89 bits per heavy atom. The molecule has 3 aliphatic rings. The van der Waals surface area contributed by atoms with Crippen LogP contribution in [0.3, 0.4) is 0 Å². The Hall–Kier alpha value is -3.53. The smallest absolute Gasteiger partial charge is 0.326 e. The zero-order valence-corrected chi connectivity index (χ0v) is 19.6. The highest BCUT2D eigenvalue weighted by atomic mass is 19.1. The summed E-state index contributed by atoms with van der Waals surface area (Å²) in [7, 11) is 2.07. The summed E-state index contributed by atoms with van der Waals surface area (Å²) in [6, 6.07) is 4.64. The van der Waals surface area contributed by atoms with Crippen LogP contribution in [0.25, 0.3) is 6.08 Å². The van der Waals surface area contributed by atoms with Gasteiger partial charge in [-0.2, -0.15) is 9.97 Å². The monoisotopic (exact) mass is 480 g/mol. The molecule has 182 valence electrons. The van der Waals surface area contributed by atoms with Crippen molar-refractivity contribution in [3.63, 3.8) is 0 Å². The molecule has 1 N–H and O–H groups in total. The molecule has 1 aromatic carbocycles. The predicted octanol–water partition coefficient (Wildman–Crippen LogP) is 4.87. The summed E-state index contributed by atoms with van der Waals surface area (Å²) in [6.45, 7) is 5.15. The molecule has 35 heavy (non-hydrogen) atoms. The largest absolute Gasteiger partial charge is 0.421 e. The van der Waals surface area contributed by atoms with Crippen LogP contribution >= 0.6 is 0 Å². The number of nitrogens with zero attached hydrogens (tertiary/aromatic N) is 5. The summed E-state index contributed by atoms with van der Waals surface area (Å²) in [4.78, 5) is 13.3. The normalized spacial score (nSPS) is 17.9. The number of aromatic nitrogens is 3. The molecule has 1 saturated heterocycles. The molecule has 2 aliphatic carbocycles. The van der Waals surface area contributed by atoms with E-state index in [-0.39, 0.29) is 17.3 Å². The summed E-state index contributed by atoms with van der Waals surface area (Å²) in [5, 5.41) is 7.24. The number of halogens is 2. The lowest BCUT2D eigenvalue weighted by Gasteiger charge is -2.33. The molecule has 1 aliphatic heterocycles. The van der Waals surface area contributed by atoms with Gasteiger partial charge in [0, 0.05) is 61.4 Å². The summed E-state index contributed by atoms with van der Waals surface area (Å²) < 4.78 is 41.1. The van der Waals surface area contributed by atoms with Crippen molar-refractivity contribution >= 4 is 23.6 Å². The first-order valence-electron chi connectivity index (χ1n) is 11.8. The van der Waals surface area contributed by atoms with Gasteiger partial charge < -0.3 is 24.4 Å². The molecule has 8 nitrogen and oxygen atoms in total. The van der Waals surface area contributed by atoms with E-state index in [0.717, 1.165) is 56.4 Å². The molecule has 2 aromatic heterocycles. The number of fused-ring (bicyclic) bond motifs is 1. The number of rotatable bonds is 6. The van der Waals surface area contributed by atoms with Crippen LogP contribution < -0.4 is 15.0 Å². The molecule has 0 unspecified atom stereocenters. The Morgan fingerprint density at radius 3 is 2.66 bits per heavy atom. The minimum Gasteiger partial charge on any atom is -0.421 e. The van der Waals surface area contributed by atoms with Gasteiger partial charge in [0.05, 0.1) is 5.69 Å². The fraction of sp³-hybridized carbons (Fsp3) is 0.400. The van der Waals surface area contributed by atoms with Gasteiger partial charge in [-0.15, -0.1) is 0 Å². The first-order valence-corrected chi connectivity index (χ1v) is 11.8. The van der Waals surface area contributed by atoms with E-state index >= 15 is 4.39 Å². The molecule has 2 fully saturated rings. The first kappa shape index (κ1) is 22.0. The lowest BCUT2D eigenvalue weighted by atomic mass is 10.1. The van der Waals surface area contributed by atoms with Gasteiger partial charge in [0.15, 0.2) is 11.6 Å². The van der Waals surface area contributed by atoms with E-state index in [2.05, 4.69) is 37.3 Å². The maximum Gasteiger partial charge on any atom is 0.326 e. The molecule has 6 rings (SSSR count). The third-order valence-electron chi connectivity index (χ3n) is 6.67. The SMILES string of the molecule is CC1=Cc2c(F)c(Oc3nc(Nc4cc(C5CC5)no4)cc(N4CCN(C)CC4)n3)cc(F)c2C1. The van der Waals surface area contributed by atoms with Crippen LogP contribution in [0, 0.1) is 11.6 Å². The molecule has 1 saturated carbocycles. The summed E-state index contributed by atoms with van der Waals surface area (Å²) >= 11 is 0. The van der Waals surface area contributed by atoms with Crippen LogP contribution in [0.2, 0.25) is 0 Å². The molecule has 0 bridgehead atoms.